The van der Waals surface area contributed by atoms with Gasteiger partial charge in [-0.3, -0.25) is 0 Å². The molecule has 3 rings (SSSR count). The lowest BCUT2D eigenvalue weighted by atomic mass is 10.4. The first-order valence-electron chi connectivity index (χ1n) is 6.66. The average Bonchev–Trinajstić information content (AvgIpc) is 2.62. The molecule has 0 N–H and O–H groups in total. The van der Waals surface area contributed by atoms with Gasteiger partial charge >= 0.3 is 0 Å². The van der Waals surface area contributed by atoms with E-state index in [-0.39, 0.29) is 0 Å². The van der Waals surface area contributed by atoms with Crippen LogP contribution in [0.1, 0.15) is 0 Å². The molecule has 0 aliphatic carbocycles. The van der Waals surface area contributed by atoms with E-state index in [9.17, 15) is 8.42 Å². The lowest BCUT2D eigenvalue weighted by molar-refractivity contribution is 0.674. The van der Waals surface area contributed by atoms with Gasteiger partial charge in [-0.1, -0.05) is 42.5 Å². The van der Waals surface area contributed by atoms with Gasteiger partial charge < -0.3 is 0 Å². The maximum atomic E-state index is 12.5. The first-order chi connectivity index (χ1) is 10.8. The van der Waals surface area contributed by atoms with Crippen LogP contribution in [0, 0.1) is 0 Å². The van der Waals surface area contributed by atoms with E-state index in [1.54, 1.807) is 42.5 Å². The zero-order valence-electron chi connectivity index (χ0n) is 11.6. The molecule has 5 heteroatoms. The maximum absolute atomic E-state index is 12.5. The first-order valence-corrected chi connectivity index (χ1v) is 8.96. The molecule has 110 valence electrons. The molecule has 0 saturated heterocycles. The van der Waals surface area contributed by atoms with Crippen molar-refractivity contribution < 1.29 is 8.42 Å². The highest BCUT2D eigenvalue weighted by Crippen LogP contribution is 2.18. The predicted molar refractivity (Wildman–Crippen MR) is 86.5 cm³/mol. The number of hydrogen-bond acceptors (Lipinski definition) is 3. The topological polar surface area (TPSA) is 47.0 Å². The molecule has 0 aliphatic heterocycles. The average molecular weight is 327 g/mol. The number of pyridine rings is 1. The molecule has 0 amide bonds. The summed E-state index contributed by atoms with van der Waals surface area (Å²) < 4.78 is 25.0. The third kappa shape index (κ3) is 3.21. The molecule has 0 spiro atoms. The van der Waals surface area contributed by atoms with Crippen LogP contribution >= 0.6 is 0 Å². The van der Waals surface area contributed by atoms with Crippen LogP contribution in [-0.2, 0) is 21.6 Å². The molecule has 0 unspecified atom stereocenters. The van der Waals surface area contributed by atoms with Gasteiger partial charge in [-0.15, -0.1) is 0 Å². The molecule has 0 saturated carbocycles. The Balaban J connectivity index is 1.94. The molecule has 3 aromatic rings. The highest BCUT2D eigenvalue weighted by atomic mass is 32.2. The van der Waals surface area contributed by atoms with E-state index in [4.69, 9.17) is 0 Å². The lowest BCUT2D eigenvalue weighted by Gasteiger charge is -2.05. The van der Waals surface area contributed by atoms with Gasteiger partial charge in [0.15, 0.2) is 0 Å². The van der Waals surface area contributed by atoms with Gasteiger partial charge in [-0.2, -0.15) is 0 Å². The van der Waals surface area contributed by atoms with E-state index in [1.807, 2.05) is 36.4 Å². The van der Waals surface area contributed by atoms with E-state index in [0.717, 1.165) is 0 Å². The summed E-state index contributed by atoms with van der Waals surface area (Å²) in [5.74, 6) is 0. The Bertz CT molecular complexity index is 754. The Kier molecular flexibility index (Phi) is 4.56. The molecule has 22 heavy (non-hydrogen) atoms. The minimum Gasteiger partial charge on any atom is -0.247 e. The van der Waals surface area contributed by atoms with Gasteiger partial charge in [0.1, 0.15) is 31.7 Å². The van der Waals surface area contributed by atoms with Crippen molar-refractivity contribution in [2.24, 2.45) is 0 Å². The zero-order chi connectivity index (χ0) is 15.4. The lowest BCUT2D eigenvalue weighted by Crippen LogP contribution is -2.01. The molecule has 0 bridgehead atoms. The number of hydrogen-bond donors (Lipinski definition) is 0. The van der Waals surface area contributed by atoms with Crippen molar-refractivity contribution in [1.82, 2.24) is 4.98 Å². The summed E-state index contributed by atoms with van der Waals surface area (Å²) in [4.78, 5) is 5.68. The Morgan fingerprint density at radius 1 is 0.545 bits per heavy atom. The molecule has 0 radical (unpaired) electrons. The largest absolute Gasteiger partial charge is 0.247 e. The third-order valence-electron chi connectivity index (χ3n) is 2.99. The van der Waals surface area contributed by atoms with Crippen molar-refractivity contribution in [2.75, 3.05) is 0 Å². The van der Waals surface area contributed by atoms with Crippen LogP contribution in [0.2, 0.25) is 0 Å². The minimum atomic E-state index is -1.38. The van der Waals surface area contributed by atoms with Crippen molar-refractivity contribution in [1.29, 1.82) is 0 Å². The van der Waals surface area contributed by atoms with Crippen LogP contribution in [0.3, 0.4) is 0 Å². The predicted octanol–water partition coefficient (Wildman–Crippen LogP) is 3.42. The van der Waals surface area contributed by atoms with Crippen LogP contribution in [0.4, 0.5) is 0 Å². The zero-order valence-corrected chi connectivity index (χ0v) is 13.2. The summed E-state index contributed by atoms with van der Waals surface area (Å²) in [6, 6.07) is 23.3. The van der Waals surface area contributed by atoms with Crippen LogP contribution in [0.5, 0.6) is 0 Å². The van der Waals surface area contributed by atoms with Gasteiger partial charge in [0.25, 0.3) is 0 Å². The van der Waals surface area contributed by atoms with Crippen molar-refractivity contribution in [3.8, 4) is 0 Å². The Labute approximate surface area is 134 Å². The Hall–Kier alpha value is -2.11. The summed E-state index contributed by atoms with van der Waals surface area (Å²) in [5.41, 5.74) is 0. The van der Waals surface area contributed by atoms with E-state index in [1.165, 1.54) is 0 Å². The highest BCUT2D eigenvalue weighted by molar-refractivity contribution is 7.85. The van der Waals surface area contributed by atoms with E-state index in [0.29, 0.717) is 19.8 Å². The van der Waals surface area contributed by atoms with Gasteiger partial charge in [0, 0.05) is 9.79 Å². The standard InChI is InChI=1S/C17H13NO2S2/c19-21(14-8-3-1-4-9-14)16-12-7-13-17(18-16)22(20)15-10-5-2-6-11-15/h1-13H/t21-,22+. The molecule has 1 aromatic heterocycles. The number of rotatable bonds is 4. The van der Waals surface area contributed by atoms with Crippen molar-refractivity contribution in [3.05, 3.63) is 78.9 Å². The second-order valence-corrected chi connectivity index (χ2v) is 7.33. The van der Waals surface area contributed by atoms with Gasteiger partial charge in [-0.05, 0) is 36.4 Å². The van der Waals surface area contributed by atoms with E-state index < -0.39 is 21.6 Å². The third-order valence-corrected chi connectivity index (χ3v) is 5.61. The summed E-state index contributed by atoms with van der Waals surface area (Å²) in [6.45, 7) is 0. The summed E-state index contributed by atoms with van der Waals surface area (Å²) >= 11 is 0. The fourth-order valence-electron chi connectivity index (χ4n) is 1.93. The molecular formula is C17H13NO2S2. The van der Waals surface area contributed by atoms with Crippen molar-refractivity contribution in [3.63, 3.8) is 0 Å². The monoisotopic (exact) mass is 327 g/mol. The summed E-state index contributed by atoms with van der Waals surface area (Å²) in [6.07, 6.45) is 0. The first kappa shape index (κ1) is 14.8. The summed E-state index contributed by atoms with van der Waals surface area (Å²) in [7, 11) is -2.75. The van der Waals surface area contributed by atoms with Crippen LogP contribution < -0.4 is 0 Å². The fraction of sp³-hybridized carbons (Fsp3) is 0. The van der Waals surface area contributed by atoms with Gasteiger partial charge in [0.2, 0.25) is 0 Å². The molecule has 3 nitrogen and oxygen atoms in total. The number of nitrogens with zero attached hydrogens (tertiary/aromatic N) is 1. The Morgan fingerprint density at radius 3 is 1.36 bits per heavy atom. The number of benzene rings is 2. The smallest absolute Gasteiger partial charge is 0.133 e. The molecular weight excluding hydrogens is 314 g/mol. The molecule has 1 heterocycles. The molecule has 0 aliphatic rings. The van der Waals surface area contributed by atoms with E-state index in [2.05, 4.69) is 4.98 Å². The second kappa shape index (κ2) is 6.77. The minimum absolute atomic E-state index is 0.410. The maximum Gasteiger partial charge on any atom is 0.133 e. The van der Waals surface area contributed by atoms with Crippen molar-refractivity contribution in [2.45, 2.75) is 19.8 Å². The molecule has 2 aromatic carbocycles. The van der Waals surface area contributed by atoms with Crippen LogP contribution in [0.25, 0.3) is 0 Å². The Morgan fingerprint density at radius 2 is 0.955 bits per heavy atom. The summed E-state index contributed by atoms with van der Waals surface area (Å²) in [5, 5.41) is 0.820. The molecule has 0 fully saturated rings. The van der Waals surface area contributed by atoms with Gasteiger partial charge in [-0.25, -0.2) is 13.4 Å². The van der Waals surface area contributed by atoms with Crippen molar-refractivity contribution >= 4 is 21.6 Å². The SMILES string of the molecule is O=[S@](c1ccccc1)c1cccc([S@@](=O)c2ccccc2)n1. The van der Waals surface area contributed by atoms with Crippen LogP contribution in [-0.4, -0.2) is 13.4 Å². The van der Waals surface area contributed by atoms with Crippen LogP contribution in [0.15, 0.2) is 98.7 Å². The molecule has 2 atom stereocenters. The van der Waals surface area contributed by atoms with Gasteiger partial charge in [0.05, 0.1) is 0 Å². The van der Waals surface area contributed by atoms with E-state index >= 15 is 0 Å². The highest BCUT2D eigenvalue weighted by Gasteiger charge is 2.13. The normalized spacial score (nSPS) is 13.5. The number of aromatic nitrogens is 1. The second-order valence-electron chi connectivity index (χ2n) is 4.48. The quantitative estimate of drug-likeness (QED) is 0.738. The fourth-order valence-corrected chi connectivity index (χ4v) is 4.05.